The SMILES string of the molecule is CN(C)[C@H]1C(=O)C(C(N)=O)C(=O)[C@]2(O)C(=O)C3C(=O)c4c(ccc(C(C)(C)C)c4O)C[C@@H]3[C@@H](OC(=O)C3CCC3)[C@H]12. The van der Waals surface area contributed by atoms with Crippen LogP contribution in [0.2, 0.25) is 0 Å². The number of Topliss-reactive ketones (excluding diaryl/α,β-unsaturated/α-hetero) is 4. The third kappa shape index (κ3) is 4.07. The number of ketones is 4. The summed E-state index contributed by atoms with van der Waals surface area (Å²) in [7, 11) is 2.96. The lowest BCUT2D eigenvalue weighted by Crippen LogP contribution is -2.78. The van der Waals surface area contributed by atoms with E-state index < -0.39 is 87.8 Å². The van der Waals surface area contributed by atoms with Crippen LogP contribution in [-0.4, -0.2) is 82.0 Å². The van der Waals surface area contributed by atoms with E-state index in [1.807, 2.05) is 20.8 Å². The average Bonchev–Trinajstić information content (AvgIpc) is 2.81. The van der Waals surface area contributed by atoms with Crippen molar-refractivity contribution in [2.24, 2.45) is 35.3 Å². The summed E-state index contributed by atoms with van der Waals surface area (Å²) in [6.45, 7) is 5.55. The van der Waals surface area contributed by atoms with Crippen LogP contribution in [-0.2, 0) is 40.5 Å². The number of likely N-dealkylation sites (N-methyl/N-ethyl adjacent to an activating group) is 1. The Labute approximate surface area is 237 Å². The number of esters is 1. The molecule has 4 N–H and O–H groups in total. The van der Waals surface area contributed by atoms with Crippen molar-refractivity contribution in [2.75, 3.05) is 14.1 Å². The third-order valence-corrected chi connectivity index (χ3v) is 9.49. The third-order valence-electron chi connectivity index (χ3n) is 9.49. The first kappa shape index (κ1) is 29.1. The highest BCUT2D eigenvalue weighted by Gasteiger charge is 2.73. The number of phenolic OH excluding ortho intramolecular Hbond substituents is 1. The predicted molar refractivity (Wildman–Crippen MR) is 143 cm³/mol. The van der Waals surface area contributed by atoms with E-state index in [1.54, 1.807) is 12.1 Å². The molecule has 4 aliphatic carbocycles. The Kier molecular flexibility index (Phi) is 6.77. The van der Waals surface area contributed by atoms with Crippen molar-refractivity contribution in [1.82, 2.24) is 4.90 Å². The van der Waals surface area contributed by atoms with Crippen molar-refractivity contribution < 1.29 is 43.7 Å². The summed E-state index contributed by atoms with van der Waals surface area (Å²) in [5, 5.41) is 23.2. The van der Waals surface area contributed by atoms with Gasteiger partial charge >= 0.3 is 5.97 Å². The van der Waals surface area contributed by atoms with E-state index in [2.05, 4.69) is 0 Å². The van der Waals surface area contributed by atoms with Crippen LogP contribution >= 0.6 is 0 Å². The zero-order chi connectivity index (χ0) is 30.3. The molecule has 3 fully saturated rings. The van der Waals surface area contributed by atoms with E-state index in [4.69, 9.17) is 10.5 Å². The number of amides is 1. The van der Waals surface area contributed by atoms with E-state index in [-0.39, 0.29) is 17.7 Å². The molecule has 5 rings (SSSR count). The Hall–Kier alpha value is -3.44. The van der Waals surface area contributed by atoms with Gasteiger partial charge in [0.05, 0.1) is 29.4 Å². The quantitative estimate of drug-likeness (QED) is 0.341. The first-order valence-corrected chi connectivity index (χ1v) is 13.9. The van der Waals surface area contributed by atoms with Gasteiger partial charge < -0.3 is 20.7 Å². The first-order valence-electron chi connectivity index (χ1n) is 13.9. The molecular weight excluding hydrogens is 532 g/mol. The molecule has 2 unspecified atom stereocenters. The molecule has 0 bridgehead atoms. The summed E-state index contributed by atoms with van der Waals surface area (Å²) in [5.74, 6) is -13.4. The molecule has 220 valence electrons. The van der Waals surface area contributed by atoms with Gasteiger partial charge in [-0.05, 0) is 49.9 Å². The molecule has 0 aliphatic heterocycles. The van der Waals surface area contributed by atoms with E-state index >= 15 is 0 Å². The molecule has 41 heavy (non-hydrogen) atoms. The Morgan fingerprint density at radius 3 is 2.22 bits per heavy atom. The number of aromatic hydroxyl groups is 1. The van der Waals surface area contributed by atoms with Crippen molar-refractivity contribution in [3.05, 3.63) is 28.8 Å². The summed E-state index contributed by atoms with van der Waals surface area (Å²) < 4.78 is 5.98. The second-order valence-corrected chi connectivity index (χ2v) is 13.2. The number of benzene rings is 1. The molecule has 0 saturated heterocycles. The van der Waals surface area contributed by atoms with Gasteiger partial charge in [-0.3, -0.25) is 33.7 Å². The highest BCUT2D eigenvalue weighted by Crippen LogP contribution is 2.53. The molecule has 0 radical (unpaired) electrons. The Bertz CT molecular complexity index is 1390. The molecule has 1 aromatic carbocycles. The van der Waals surface area contributed by atoms with Crippen LogP contribution < -0.4 is 5.73 Å². The van der Waals surface area contributed by atoms with Gasteiger partial charge in [-0.1, -0.05) is 39.3 Å². The van der Waals surface area contributed by atoms with Crippen LogP contribution in [0.15, 0.2) is 12.1 Å². The van der Waals surface area contributed by atoms with Gasteiger partial charge in [-0.25, -0.2) is 0 Å². The lowest BCUT2D eigenvalue weighted by Gasteiger charge is -2.55. The summed E-state index contributed by atoms with van der Waals surface area (Å²) in [4.78, 5) is 82.4. The smallest absolute Gasteiger partial charge is 0.309 e. The number of primary amides is 1. The maximum absolute atomic E-state index is 14.2. The standard InChI is InChI=1S/C30H36N2O9/c1-29(2,3)15-10-9-13-11-14-17(22(34)16(13)21(15)33)25(36)30(40)19(24(14)41-28(39)12-7-6-8-12)20(32(4)5)23(35)18(26(30)37)27(31)38/h9-10,12,14,17-20,24,33,40H,6-8,11H2,1-5H3,(H2,31,38)/t14-,17?,18?,19-,20+,24+,30+/m0/s1. The number of carbonyl (C=O) groups excluding carboxylic acids is 6. The summed E-state index contributed by atoms with van der Waals surface area (Å²) >= 11 is 0. The normalized spacial score (nSPS) is 33.5. The number of rotatable bonds is 4. The van der Waals surface area contributed by atoms with Crippen LogP contribution in [0, 0.1) is 29.6 Å². The van der Waals surface area contributed by atoms with E-state index in [0.29, 0.717) is 24.0 Å². The second-order valence-electron chi connectivity index (χ2n) is 13.2. The van der Waals surface area contributed by atoms with Gasteiger partial charge in [-0.15, -0.1) is 0 Å². The molecule has 0 aromatic heterocycles. The molecule has 1 aromatic rings. The minimum atomic E-state index is -3.02. The molecular formula is C30H36N2O9. The van der Waals surface area contributed by atoms with Gasteiger partial charge in [0.2, 0.25) is 5.91 Å². The Balaban J connectivity index is 1.72. The maximum Gasteiger partial charge on any atom is 0.309 e. The van der Waals surface area contributed by atoms with E-state index in [1.165, 1.54) is 19.0 Å². The number of ether oxygens (including phenoxy) is 1. The molecule has 7 atom stereocenters. The number of hydrogen-bond acceptors (Lipinski definition) is 10. The van der Waals surface area contributed by atoms with Crippen molar-refractivity contribution >= 4 is 35.0 Å². The fraction of sp³-hybridized carbons (Fsp3) is 0.600. The Morgan fingerprint density at radius 2 is 1.71 bits per heavy atom. The summed E-state index contributed by atoms with van der Waals surface area (Å²) in [6.07, 6.45) is 0.592. The highest BCUT2D eigenvalue weighted by atomic mass is 16.5. The molecule has 0 spiro atoms. The summed E-state index contributed by atoms with van der Waals surface area (Å²) in [5.41, 5.74) is 2.65. The average molecular weight is 569 g/mol. The van der Waals surface area contributed by atoms with Gasteiger partial charge in [0.25, 0.3) is 0 Å². The predicted octanol–water partition coefficient (Wildman–Crippen LogP) is 0.486. The van der Waals surface area contributed by atoms with E-state index in [9.17, 15) is 39.0 Å². The van der Waals surface area contributed by atoms with Crippen molar-refractivity contribution in [3.8, 4) is 5.75 Å². The molecule has 1 amide bonds. The monoisotopic (exact) mass is 568 g/mol. The van der Waals surface area contributed by atoms with Gasteiger partial charge in [-0.2, -0.15) is 0 Å². The van der Waals surface area contributed by atoms with Crippen LogP contribution in [0.5, 0.6) is 5.75 Å². The number of aliphatic hydroxyl groups is 1. The molecule has 11 heteroatoms. The maximum atomic E-state index is 14.2. The van der Waals surface area contributed by atoms with Crippen LogP contribution in [0.1, 0.15) is 61.5 Å². The van der Waals surface area contributed by atoms with Crippen LogP contribution in [0.4, 0.5) is 0 Å². The molecule has 4 aliphatic rings. The minimum absolute atomic E-state index is 0.00638. The van der Waals surface area contributed by atoms with Crippen molar-refractivity contribution in [2.45, 2.75) is 69.6 Å². The molecule has 0 heterocycles. The van der Waals surface area contributed by atoms with Gasteiger partial charge in [0.15, 0.2) is 34.7 Å². The lowest BCUT2D eigenvalue weighted by atomic mass is 9.51. The number of phenols is 1. The Morgan fingerprint density at radius 1 is 1.07 bits per heavy atom. The number of nitrogens with two attached hydrogens (primary N) is 1. The molecule has 3 saturated carbocycles. The van der Waals surface area contributed by atoms with Gasteiger partial charge in [0, 0.05) is 5.92 Å². The van der Waals surface area contributed by atoms with Crippen molar-refractivity contribution in [3.63, 3.8) is 0 Å². The van der Waals surface area contributed by atoms with E-state index in [0.717, 1.165) is 6.42 Å². The summed E-state index contributed by atoms with van der Waals surface area (Å²) in [6, 6.07) is 1.99. The number of carbonyl (C=O) groups is 6. The number of fused-ring (bicyclic) bond motifs is 3. The lowest BCUT2D eigenvalue weighted by molar-refractivity contribution is -0.206. The van der Waals surface area contributed by atoms with Gasteiger partial charge in [0.1, 0.15) is 11.9 Å². The highest BCUT2D eigenvalue weighted by molar-refractivity contribution is 6.32. The fourth-order valence-corrected chi connectivity index (χ4v) is 7.20. The zero-order valence-corrected chi connectivity index (χ0v) is 23.8. The number of hydrogen-bond donors (Lipinski definition) is 3. The number of nitrogens with zero attached hydrogens (tertiary/aromatic N) is 1. The minimum Gasteiger partial charge on any atom is -0.507 e. The second kappa shape index (κ2) is 9.55. The first-order chi connectivity index (χ1) is 19.0. The largest absolute Gasteiger partial charge is 0.507 e. The zero-order valence-electron chi connectivity index (χ0n) is 23.8. The topological polar surface area (TPSA) is 181 Å². The van der Waals surface area contributed by atoms with Crippen LogP contribution in [0.3, 0.4) is 0 Å². The van der Waals surface area contributed by atoms with Crippen LogP contribution in [0.25, 0.3) is 0 Å². The molecule has 11 nitrogen and oxygen atoms in total. The fourth-order valence-electron chi connectivity index (χ4n) is 7.20. The van der Waals surface area contributed by atoms with Crippen molar-refractivity contribution in [1.29, 1.82) is 0 Å².